The quantitative estimate of drug-likeness (QED) is 0.377. The van der Waals surface area contributed by atoms with E-state index in [2.05, 4.69) is 50.0 Å². The van der Waals surface area contributed by atoms with Crippen molar-refractivity contribution in [1.82, 2.24) is 23.6 Å². The average molecular weight is 558 g/mol. The molecule has 5 rings (SSSR count). The number of halogens is 2. The van der Waals surface area contributed by atoms with Crippen LogP contribution in [0.15, 0.2) is 62.6 Å². The Morgan fingerprint density at radius 2 is 1.46 bits per heavy atom. The van der Waals surface area contributed by atoms with Crippen molar-refractivity contribution in [3.63, 3.8) is 0 Å². The predicted molar refractivity (Wildman–Crippen MR) is 142 cm³/mol. The summed E-state index contributed by atoms with van der Waals surface area (Å²) in [5, 5.41) is 0.657. The van der Waals surface area contributed by atoms with Crippen LogP contribution in [0.5, 0.6) is 0 Å². The molecule has 1 fully saturated rings. The van der Waals surface area contributed by atoms with E-state index in [1.54, 1.807) is 7.05 Å². The monoisotopic (exact) mass is 556 g/mol. The van der Waals surface area contributed by atoms with Gasteiger partial charge in [-0.15, -0.1) is 0 Å². The van der Waals surface area contributed by atoms with Gasteiger partial charge in [0.25, 0.3) is 5.56 Å². The van der Waals surface area contributed by atoms with Gasteiger partial charge in [-0.1, -0.05) is 51.8 Å². The number of fused-ring (bicyclic) bond motifs is 1. The van der Waals surface area contributed by atoms with Gasteiger partial charge in [-0.2, -0.15) is 4.98 Å². The maximum Gasteiger partial charge on any atom is 0.332 e. The SMILES string of the molecule is Cn1c(=O)c2c(nc(N3CCN(Cc4ccc(Br)cc4)CC3)n2Cc2ccc(Cl)cc2)n(C)c1=O. The number of anilines is 1. The molecular formula is C25H26BrClN6O2. The Kier molecular flexibility index (Phi) is 6.57. The van der Waals surface area contributed by atoms with Crippen LogP contribution in [0.2, 0.25) is 5.02 Å². The van der Waals surface area contributed by atoms with Gasteiger partial charge in [-0.3, -0.25) is 23.4 Å². The van der Waals surface area contributed by atoms with Crippen LogP contribution in [0.3, 0.4) is 0 Å². The second kappa shape index (κ2) is 9.64. The van der Waals surface area contributed by atoms with E-state index in [0.29, 0.717) is 28.7 Å². The molecule has 0 spiro atoms. The maximum atomic E-state index is 13.2. The van der Waals surface area contributed by atoms with E-state index in [1.165, 1.54) is 17.2 Å². The lowest BCUT2D eigenvalue weighted by Gasteiger charge is -2.35. The van der Waals surface area contributed by atoms with E-state index in [4.69, 9.17) is 16.6 Å². The Balaban J connectivity index is 1.48. The fourth-order valence-electron chi connectivity index (χ4n) is 4.55. The van der Waals surface area contributed by atoms with Crippen LogP contribution in [-0.4, -0.2) is 49.8 Å². The Hall–Kier alpha value is -2.88. The topological polar surface area (TPSA) is 68.3 Å². The van der Waals surface area contributed by atoms with Crippen LogP contribution in [0.4, 0.5) is 5.95 Å². The Morgan fingerprint density at radius 1 is 0.857 bits per heavy atom. The zero-order valence-corrected chi connectivity index (χ0v) is 22.0. The Morgan fingerprint density at radius 3 is 2.11 bits per heavy atom. The van der Waals surface area contributed by atoms with Crippen LogP contribution in [0.1, 0.15) is 11.1 Å². The minimum absolute atomic E-state index is 0.343. The van der Waals surface area contributed by atoms with Gasteiger partial charge in [0.1, 0.15) is 0 Å². The summed E-state index contributed by atoms with van der Waals surface area (Å²) in [6.45, 7) is 4.63. The summed E-state index contributed by atoms with van der Waals surface area (Å²) in [4.78, 5) is 35.2. The highest BCUT2D eigenvalue weighted by atomic mass is 79.9. The van der Waals surface area contributed by atoms with Crippen molar-refractivity contribution < 1.29 is 0 Å². The molecule has 0 N–H and O–H groups in total. The molecule has 0 radical (unpaired) electrons. The summed E-state index contributed by atoms with van der Waals surface area (Å²) in [6.07, 6.45) is 0. The van der Waals surface area contributed by atoms with Crippen LogP contribution >= 0.6 is 27.5 Å². The van der Waals surface area contributed by atoms with Gasteiger partial charge in [-0.05, 0) is 35.4 Å². The summed E-state index contributed by atoms with van der Waals surface area (Å²) in [7, 11) is 3.16. The number of aromatic nitrogens is 4. The fraction of sp³-hybridized carbons (Fsp3) is 0.320. The predicted octanol–water partition coefficient (Wildman–Crippen LogP) is 3.22. The van der Waals surface area contributed by atoms with Crippen molar-refractivity contribution >= 4 is 44.6 Å². The van der Waals surface area contributed by atoms with Crippen LogP contribution in [0, 0.1) is 0 Å². The molecule has 4 aromatic rings. The molecule has 35 heavy (non-hydrogen) atoms. The Bertz CT molecular complexity index is 1480. The standard InChI is InChI=1S/C25H26BrClN6O2/c1-29-22-21(23(34)30(2)25(29)35)33(16-18-5-9-20(27)10-6-18)24(28-22)32-13-11-31(12-14-32)15-17-3-7-19(26)8-4-17/h3-10H,11-16H2,1-2H3. The van der Waals surface area contributed by atoms with Gasteiger partial charge in [0, 0.05) is 56.3 Å². The van der Waals surface area contributed by atoms with Gasteiger partial charge >= 0.3 is 5.69 Å². The molecule has 10 heteroatoms. The van der Waals surface area contributed by atoms with Gasteiger partial charge in [-0.25, -0.2) is 4.79 Å². The number of piperazine rings is 1. The molecule has 0 saturated carbocycles. The van der Waals surface area contributed by atoms with E-state index >= 15 is 0 Å². The molecule has 1 aliphatic heterocycles. The molecule has 182 valence electrons. The smallest absolute Gasteiger partial charge is 0.332 e. The van der Waals surface area contributed by atoms with Gasteiger partial charge < -0.3 is 4.90 Å². The zero-order valence-electron chi connectivity index (χ0n) is 19.6. The van der Waals surface area contributed by atoms with Crippen LogP contribution in [-0.2, 0) is 27.2 Å². The molecular weight excluding hydrogens is 532 g/mol. The highest BCUT2D eigenvalue weighted by molar-refractivity contribution is 9.10. The summed E-state index contributed by atoms with van der Waals surface area (Å²) >= 11 is 9.57. The largest absolute Gasteiger partial charge is 0.340 e. The first kappa shape index (κ1) is 23.8. The number of aryl methyl sites for hydroxylation is 1. The first-order valence-corrected chi connectivity index (χ1v) is 12.6. The van der Waals surface area contributed by atoms with Crippen molar-refractivity contribution in [2.45, 2.75) is 13.1 Å². The Labute approximate surface area is 216 Å². The van der Waals surface area contributed by atoms with Crippen LogP contribution in [0.25, 0.3) is 11.2 Å². The second-order valence-corrected chi connectivity index (χ2v) is 10.2. The highest BCUT2D eigenvalue weighted by Crippen LogP contribution is 2.24. The molecule has 0 amide bonds. The summed E-state index contributed by atoms with van der Waals surface area (Å²) < 4.78 is 5.60. The average Bonchev–Trinajstić information content (AvgIpc) is 3.24. The molecule has 1 aliphatic rings. The summed E-state index contributed by atoms with van der Waals surface area (Å²) in [5.41, 5.74) is 2.38. The molecule has 3 heterocycles. The molecule has 0 unspecified atom stereocenters. The lowest BCUT2D eigenvalue weighted by atomic mass is 10.2. The molecule has 8 nitrogen and oxygen atoms in total. The number of rotatable bonds is 5. The van der Waals surface area contributed by atoms with Gasteiger partial charge in [0.15, 0.2) is 11.2 Å². The van der Waals surface area contributed by atoms with Crippen molar-refractivity contribution in [2.24, 2.45) is 14.1 Å². The molecule has 2 aromatic heterocycles. The van der Waals surface area contributed by atoms with Crippen molar-refractivity contribution in [2.75, 3.05) is 31.1 Å². The highest BCUT2D eigenvalue weighted by Gasteiger charge is 2.25. The second-order valence-electron chi connectivity index (χ2n) is 8.89. The molecule has 0 atom stereocenters. The maximum absolute atomic E-state index is 13.2. The van der Waals surface area contributed by atoms with E-state index in [-0.39, 0.29) is 11.2 Å². The van der Waals surface area contributed by atoms with Crippen LogP contribution < -0.4 is 16.1 Å². The lowest BCUT2D eigenvalue weighted by Crippen LogP contribution is -2.47. The molecule has 1 saturated heterocycles. The minimum Gasteiger partial charge on any atom is -0.340 e. The summed E-state index contributed by atoms with van der Waals surface area (Å²) in [5.74, 6) is 0.705. The first-order chi connectivity index (χ1) is 16.8. The molecule has 0 bridgehead atoms. The van der Waals surface area contributed by atoms with Crippen molar-refractivity contribution in [3.8, 4) is 0 Å². The van der Waals surface area contributed by atoms with E-state index < -0.39 is 0 Å². The van der Waals surface area contributed by atoms with E-state index in [1.807, 2.05) is 28.8 Å². The first-order valence-electron chi connectivity index (χ1n) is 11.4. The number of imidazole rings is 1. The minimum atomic E-state index is -0.385. The lowest BCUT2D eigenvalue weighted by molar-refractivity contribution is 0.248. The third kappa shape index (κ3) is 4.68. The van der Waals surface area contributed by atoms with Crippen molar-refractivity contribution in [1.29, 1.82) is 0 Å². The van der Waals surface area contributed by atoms with Gasteiger partial charge in [0.2, 0.25) is 5.95 Å². The van der Waals surface area contributed by atoms with E-state index in [0.717, 1.165) is 47.3 Å². The zero-order chi connectivity index (χ0) is 24.7. The van der Waals surface area contributed by atoms with Crippen molar-refractivity contribution in [3.05, 3.63) is 90.0 Å². The third-order valence-electron chi connectivity index (χ3n) is 6.56. The van der Waals surface area contributed by atoms with Gasteiger partial charge in [0.05, 0.1) is 6.54 Å². The number of nitrogens with zero attached hydrogens (tertiary/aromatic N) is 6. The normalized spacial score (nSPS) is 14.7. The number of hydrogen-bond donors (Lipinski definition) is 0. The molecule has 2 aromatic carbocycles. The number of benzene rings is 2. The third-order valence-corrected chi connectivity index (χ3v) is 7.34. The fourth-order valence-corrected chi connectivity index (χ4v) is 4.94. The summed E-state index contributed by atoms with van der Waals surface area (Å²) in [6, 6.07) is 16.0. The molecule has 0 aliphatic carbocycles. The van der Waals surface area contributed by atoms with E-state index in [9.17, 15) is 9.59 Å². The number of hydrogen-bond acceptors (Lipinski definition) is 5.